The van der Waals surface area contributed by atoms with Gasteiger partial charge >= 0.3 is 24.2 Å². The molecule has 0 saturated carbocycles. The molecule has 11 heteroatoms. The van der Waals surface area contributed by atoms with Crippen molar-refractivity contribution in [2.75, 3.05) is 13.2 Å². The van der Waals surface area contributed by atoms with Gasteiger partial charge in [0.05, 0.1) is 13.2 Å². The summed E-state index contributed by atoms with van der Waals surface area (Å²) in [5, 5.41) is 9.66. The molecular weight excluding hydrogens is 486 g/mol. The Morgan fingerprint density at radius 3 is 1.92 bits per heavy atom. The van der Waals surface area contributed by atoms with Gasteiger partial charge in [0.15, 0.2) is 11.5 Å². The molecule has 0 aliphatic carbocycles. The van der Waals surface area contributed by atoms with Crippen molar-refractivity contribution in [3.05, 3.63) is 23.8 Å². The van der Waals surface area contributed by atoms with Crippen molar-refractivity contribution in [3.8, 4) is 11.5 Å². The van der Waals surface area contributed by atoms with Crippen molar-refractivity contribution in [1.29, 1.82) is 0 Å². The number of nitrogens with two attached hydrogens (primary N) is 1. The monoisotopic (exact) mass is 525 g/mol. The van der Waals surface area contributed by atoms with Crippen LogP contribution >= 0.6 is 0 Å². The summed E-state index contributed by atoms with van der Waals surface area (Å²) in [7, 11) is 0. The standard InChI is InChI=1S/C26H39NO10/c1-6-9-13-33-25(31)36-19-12-11-18(15-20(19)37-26(32)34-14-10-7-2)22(23(27)24(29)30)16(4)17(5)35-21(28)8-3/h11-12,15-17,22-23H,6-10,13-14,27H2,1-5H3,(H,29,30)/t16?,17?,22?,23-/m0/s1. The summed E-state index contributed by atoms with van der Waals surface area (Å²) in [5.41, 5.74) is 6.40. The van der Waals surface area contributed by atoms with Crippen molar-refractivity contribution in [3.63, 3.8) is 0 Å². The van der Waals surface area contributed by atoms with Crippen molar-refractivity contribution in [1.82, 2.24) is 0 Å². The van der Waals surface area contributed by atoms with Crippen LogP contribution in [0.25, 0.3) is 0 Å². The van der Waals surface area contributed by atoms with E-state index in [2.05, 4.69) is 0 Å². The highest BCUT2D eigenvalue weighted by atomic mass is 16.7. The zero-order valence-corrected chi connectivity index (χ0v) is 22.2. The van der Waals surface area contributed by atoms with Crippen LogP contribution in [0.2, 0.25) is 0 Å². The molecular formula is C26H39NO10. The van der Waals surface area contributed by atoms with E-state index in [0.29, 0.717) is 18.4 Å². The van der Waals surface area contributed by atoms with Gasteiger partial charge in [-0.1, -0.05) is 46.6 Å². The van der Waals surface area contributed by atoms with E-state index < -0.39 is 48.2 Å². The molecule has 0 heterocycles. The molecule has 0 amide bonds. The van der Waals surface area contributed by atoms with Crippen LogP contribution in [0.15, 0.2) is 18.2 Å². The lowest BCUT2D eigenvalue weighted by atomic mass is 9.79. The second-order valence-electron chi connectivity index (χ2n) is 8.61. The zero-order valence-electron chi connectivity index (χ0n) is 22.2. The normalized spacial score (nSPS) is 14.0. The maximum absolute atomic E-state index is 12.3. The molecule has 208 valence electrons. The molecule has 0 bridgehead atoms. The van der Waals surface area contributed by atoms with Crippen LogP contribution in [0.3, 0.4) is 0 Å². The number of ether oxygens (including phenoxy) is 5. The molecule has 1 aromatic rings. The van der Waals surface area contributed by atoms with E-state index in [-0.39, 0.29) is 31.1 Å². The van der Waals surface area contributed by atoms with Gasteiger partial charge < -0.3 is 34.5 Å². The summed E-state index contributed by atoms with van der Waals surface area (Å²) in [6.07, 6.45) is 0.369. The number of benzene rings is 1. The molecule has 0 radical (unpaired) electrons. The van der Waals surface area contributed by atoms with Gasteiger partial charge in [-0.3, -0.25) is 9.59 Å². The summed E-state index contributed by atoms with van der Waals surface area (Å²) < 4.78 is 26.0. The fourth-order valence-corrected chi connectivity index (χ4v) is 3.42. The van der Waals surface area contributed by atoms with E-state index in [4.69, 9.17) is 29.4 Å². The lowest BCUT2D eigenvalue weighted by Crippen LogP contribution is -2.42. The van der Waals surface area contributed by atoms with Crippen LogP contribution in [0.4, 0.5) is 9.59 Å². The first-order chi connectivity index (χ1) is 17.5. The maximum Gasteiger partial charge on any atom is 0.513 e. The molecule has 4 atom stereocenters. The van der Waals surface area contributed by atoms with Gasteiger partial charge in [-0.25, -0.2) is 9.59 Å². The van der Waals surface area contributed by atoms with Crippen LogP contribution in [0.1, 0.15) is 78.2 Å². The predicted molar refractivity (Wildman–Crippen MR) is 134 cm³/mol. The Labute approximate surface area is 217 Å². The fourth-order valence-electron chi connectivity index (χ4n) is 3.42. The summed E-state index contributed by atoms with van der Waals surface area (Å²) >= 11 is 0. The molecule has 0 aromatic heterocycles. The third-order valence-electron chi connectivity index (χ3n) is 5.76. The summed E-state index contributed by atoms with van der Waals surface area (Å²) in [6.45, 7) is 9.16. The molecule has 0 aliphatic heterocycles. The second kappa shape index (κ2) is 16.4. The van der Waals surface area contributed by atoms with Crippen molar-refractivity contribution in [2.45, 2.75) is 84.8 Å². The Morgan fingerprint density at radius 1 is 0.892 bits per heavy atom. The SMILES string of the molecule is CCCCOC(=O)Oc1ccc(C(C(C)C(C)OC(=O)CC)[C@H](N)C(=O)O)cc1OC(=O)OCCCC. The Bertz CT molecular complexity index is 903. The minimum Gasteiger partial charge on any atom is -0.480 e. The Kier molecular flexibility index (Phi) is 14.1. The average molecular weight is 526 g/mol. The van der Waals surface area contributed by atoms with E-state index in [9.17, 15) is 24.3 Å². The number of carboxylic acids is 1. The van der Waals surface area contributed by atoms with Gasteiger partial charge in [0.2, 0.25) is 0 Å². The average Bonchev–Trinajstić information content (AvgIpc) is 2.85. The zero-order chi connectivity index (χ0) is 28.0. The van der Waals surface area contributed by atoms with E-state index in [0.717, 1.165) is 12.8 Å². The van der Waals surface area contributed by atoms with Gasteiger partial charge in [-0.15, -0.1) is 0 Å². The van der Waals surface area contributed by atoms with E-state index in [1.165, 1.54) is 18.2 Å². The van der Waals surface area contributed by atoms with Crippen LogP contribution < -0.4 is 15.2 Å². The quantitative estimate of drug-likeness (QED) is 0.140. The molecule has 0 spiro atoms. The summed E-state index contributed by atoms with van der Waals surface area (Å²) in [6, 6.07) is 2.83. The van der Waals surface area contributed by atoms with Gasteiger partial charge in [-0.05, 0) is 37.5 Å². The number of carboxylic acid groups (broad SMARTS) is 1. The molecule has 0 fully saturated rings. The number of unbranched alkanes of at least 4 members (excludes halogenated alkanes) is 2. The minimum absolute atomic E-state index is 0.126. The third kappa shape index (κ3) is 10.7. The molecule has 3 N–H and O–H groups in total. The van der Waals surface area contributed by atoms with Crippen LogP contribution in [-0.2, 0) is 23.8 Å². The molecule has 0 saturated heterocycles. The third-order valence-corrected chi connectivity index (χ3v) is 5.76. The van der Waals surface area contributed by atoms with E-state index in [1.54, 1.807) is 20.8 Å². The topological polar surface area (TPSA) is 161 Å². The Hall–Kier alpha value is -3.34. The number of carbonyl (C=O) groups excluding carboxylic acids is 3. The summed E-state index contributed by atoms with van der Waals surface area (Å²) in [5.74, 6) is -3.42. The van der Waals surface area contributed by atoms with Crippen molar-refractivity contribution >= 4 is 24.2 Å². The lowest BCUT2D eigenvalue weighted by molar-refractivity contribution is -0.150. The van der Waals surface area contributed by atoms with E-state index in [1.807, 2.05) is 13.8 Å². The number of aliphatic carboxylic acids is 1. The minimum atomic E-state index is -1.38. The van der Waals surface area contributed by atoms with Gasteiger partial charge in [0.1, 0.15) is 12.1 Å². The first kappa shape index (κ1) is 31.7. The predicted octanol–water partition coefficient (Wildman–Crippen LogP) is 4.79. The van der Waals surface area contributed by atoms with Gasteiger partial charge in [0.25, 0.3) is 0 Å². The van der Waals surface area contributed by atoms with E-state index >= 15 is 0 Å². The first-order valence-corrected chi connectivity index (χ1v) is 12.6. The van der Waals surface area contributed by atoms with Gasteiger partial charge in [-0.2, -0.15) is 0 Å². The number of hydrogen-bond donors (Lipinski definition) is 2. The van der Waals surface area contributed by atoms with Gasteiger partial charge in [0, 0.05) is 18.3 Å². The molecule has 0 aliphatic rings. The Balaban J connectivity index is 3.37. The molecule has 1 rings (SSSR count). The Morgan fingerprint density at radius 2 is 1.43 bits per heavy atom. The number of carbonyl (C=O) groups is 4. The number of esters is 1. The van der Waals surface area contributed by atoms with Crippen LogP contribution in [0.5, 0.6) is 11.5 Å². The molecule has 37 heavy (non-hydrogen) atoms. The first-order valence-electron chi connectivity index (χ1n) is 12.6. The largest absolute Gasteiger partial charge is 0.513 e. The smallest absolute Gasteiger partial charge is 0.480 e. The highest BCUT2D eigenvalue weighted by Gasteiger charge is 2.35. The van der Waals surface area contributed by atoms with Crippen molar-refractivity contribution in [2.24, 2.45) is 11.7 Å². The van der Waals surface area contributed by atoms with Crippen LogP contribution in [-0.4, -0.2) is 54.7 Å². The highest BCUT2D eigenvalue weighted by molar-refractivity contribution is 5.75. The lowest BCUT2D eigenvalue weighted by Gasteiger charge is -2.31. The molecule has 1 aromatic carbocycles. The summed E-state index contributed by atoms with van der Waals surface area (Å²) in [4.78, 5) is 48.0. The highest BCUT2D eigenvalue weighted by Crippen LogP contribution is 2.37. The number of hydrogen-bond acceptors (Lipinski definition) is 10. The molecule has 11 nitrogen and oxygen atoms in total. The van der Waals surface area contributed by atoms with Crippen LogP contribution in [0, 0.1) is 5.92 Å². The number of rotatable bonds is 15. The fraction of sp³-hybridized carbons (Fsp3) is 0.615. The maximum atomic E-state index is 12.3. The molecule has 3 unspecified atom stereocenters. The van der Waals surface area contributed by atoms with Crippen molar-refractivity contribution < 1.29 is 48.0 Å². The second-order valence-corrected chi connectivity index (χ2v) is 8.61.